The second kappa shape index (κ2) is 2.68. The van der Waals surface area contributed by atoms with Gasteiger partial charge in [-0.15, -0.1) is 0 Å². The molecule has 0 aromatic rings. The highest BCUT2D eigenvalue weighted by Crippen LogP contribution is 2.22. The summed E-state index contributed by atoms with van der Waals surface area (Å²) in [4.78, 5) is 2.01. The van der Waals surface area contributed by atoms with Crippen molar-refractivity contribution in [3.8, 4) is 0 Å². The molecule has 0 spiro atoms. The topological polar surface area (TPSA) is 49.4 Å². The number of rotatable bonds is 3. The van der Waals surface area contributed by atoms with Gasteiger partial charge in [-0.1, -0.05) is 0 Å². The van der Waals surface area contributed by atoms with Gasteiger partial charge in [0.2, 0.25) is 10.0 Å². The second-order valence-corrected chi connectivity index (χ2v) is 5.77. The Kier molecular flexibility index (Phi) is 1.89. The minimum Gasteiger partial charge on any atom is -0.304 e. The minimum absolute atomic E-state index is 0.164. The quantitative estimate of drug-likeness (QED) is 0.645. The van der Waals surface area contributed by atoms with Crippen LogP contribution in [0.4, 0.5) is 0 Å². The summed E-state index contributed by atoms with van der Waals surface area (Å²) < 4.78 is 25.6. The van der Waals surface area contributed by atoms with Crippen LogP contribution in [0.2, 0.25) is 0 Å². The van der Waals surface area contributed by atoms with Gasteiger partial charge < -0.3 is 4.90 Å². The maximum Gasteiger partial charge on any atom is 0.217 e. The van der Waals surface area contributed by atoms with Gasteiger partial charge in [-0.05, 0) is 19.9 Å². The average molecular weight is 190 g/mol. The molecule has 1 aliphatic carbocycles. The molecule has 0 bridgehead atoms. The predicted octanol–water partition coefficient (Wildman–Crippen LogP) is -0.618. The fourth-order valence-corrected chi connectivity index (χ4v) is 3.16. The molecule has 0 aromatic carbocycles. The van der Waals surface area contributed by atoms with Crippen LogP contribution in [0.15, 0.2) is 0 Å². The third kappa shape index (κ3) is 1.62. The fourth-order valence-electron chi connectivity index (χ4n) is 1.37. The number of sulfonamides is 1. The second-order valence-electron chi connectivity index (χ2n) is 3.78. The smallest absolute Gasteiger partial charge is 0.217 e. The molecule has 12 heavy (non-hydrogen) atoms. The highest BCUT2D eigenvalue weighted by Gasteiger charge is 2.38. The fraction of sp³-hybridized carbons (Fsp3) is 1.00. The van der Waals surface area contributed by atoms with Crippen molar-refractivity contribution in [2.75, 3.05) is 20.1 Å². The lowest BCUT2D eigenvalue weighted by Crippen LogP contribution is -2.56. The summed E-state index contributed by atoms with van der Waals surface area (Å²) in [5.74, 6) is 0. The Labute approximate surface area is 73.0 Å². The molecule has 1 N–H and O–H groups in total. The van der Waals surface area contributed by atoms with Gasteiger partial charge in [0.05, 0.1) is 0 Å². The van der Waals surface area contributed by atoms with Gasteiger partial charge in [0.1, 0.15) is 5.25 Å². The van der Waals surface area contributed by atoms with E-state index in [9.17, 15) is 8.42 Å². The molecule has 1 saturated heterocycles. The summed E-state index contributed by atoms with van der Waals surface area (Å²) in [7, 11) is -1.05. The Morgan fingerprint density at radius 1 is 1.33 bits per heavy atom. The molecule has 0 radical (unpaired) electrons. The van der Waals surface area contributed by atoms with Gasteiger partial charge in [-0.2, -0.15) is 0 Å². The van der Waals surface area contributed by atoms with Crippen molar-refractivity contribution >= 4 is 10.0 Å². The first kappa shape index (κ1) is 8.47. The summed E-state index contributed by atoms with van der Waals surface area (Å²) in [6.45, 7) is 1.37. The lowest BCUT2D eigenvalue weighted by molar-refractivity contribution is 0.230. The van der Waals surface area contributed by atoms with E-state index >= 15 is 0 Å². The summed E-state index contributed by atoms with van der Waals surface area (Å²) in [6, 6.07) is 0.251. The Balaban J connectivity index is 1.91. The highest BCUT2D eigenvalue weighted by atomic mass is 32.2. The number of nitrogens with zero attached hydrogens (tertiary/aromatic N) is 1. The van der Waals surface area contributed by atoms with Crippen molar-refractivity contribution in [3.05, 3.63) is 0 Å². The van der Waals surface area contributed by atoms with Crippen LogP contribution in [-0.2, 0) is 10.0 Å². The summed E-state index contributed by atoms with van der Waals surface area (Å²) in [5.41, 5.74) is 0. The largest absolute Gasteiger partial charge is 0.304 e. The third-order valence-corrected chi connectivity index (χ3v) is 4.22. The standard InChI is InChI=1S/C7H14N2O2S/c1-9-4-7(5-9)12(10,11)8-6-2-3-6/h6-8H,2-5H2,1H3. The molecular weight excluding hydrogens is 176 g/mol. The van der Waals surface area contributed by atoms with E-state index in [1.165, 1.54) is 0 Å². The van der Waals surface area contributed by atoms with Gasteiger partial charge >= 0.3 is 0 Å². The molecule has 1 heterocycles. The monoisotopic (exact) mass is 190 g/mol. The van der Waals surface area contributed by atoms with Crippen LogP contribution in [0, 0.1) is 0 Å². The first-order valence-corrected chi connectivity index (χ1v) is 5.82. The Morgan fingerprint density at radius 3 is 2.33 bits per heavy atom. The molecule has 70 valence electrons. The Morgan fingerprint density at radius 2 is 1.92 bits per heavy atom. The average Bonchev–Trinajstić information content (AvgIpc) is 2.63. The SMILES string of the molecule is CN1CC(S(=O)(=O)NC2CC2)C1. The van der Waals surface area contributed by atoms with E-state index in [1.54, 1.807) is 0 Å². The van der Waals surface area contributed by atoms with Crippen LogP contribution < -0.4 is 4.72 Å². The molecule has 1 aliphatic heterocycles. The van der Waals surface area contributed by atoms with Crippen molar-refractivity contribution in [2.24, 2.45) is 0 Å². The van der Waals surface area contributed by atoms with E-state index in [0.717, 1.165) is 12.8 Å². The maximum atomic E-state index is 11.5. The van der Waals surface area contributed by atoms with Crippen molar-refractivity contribution in [3.63, 3.8) is 0 Å². The molecule has 5 heteroatoms. The van der Waals surface area contributed by atoms with E-state index in [4.69, 9.17) is 0 Å². The Bertz CT molecular complexity index is 265. The van der Waals surface area contributed by atoms with E-state index in [1.807, 2.05) is 11.9 Å². The number of hydrogen-bond acceptors (Lipinski definition) is 3. The lowest BCUT2D eigenvalue weighted by atomic mass is 10.2. The van der Waals surface area contributed by atoms with E-state index in [-0.39, 0.29) is 11.3 Å². The van der Waals surface area contributed by atoms with Gasteiger partial charge in [-0.3, -0.25) is 0 Å². The molecule has 0 aromatic heterocycles. The molecule has 0 atom stereocenters. The molecule has 0 amide bonds. The molecule has 1 saturated carbocycles. The Hall–Kier alpha value is -0.130. The van der Waals surface area contributed by atoms with E-state index in [2.05, 4.69) is 4.72 Å². The van der Waals surface area contributed by atoms with Crippen LogP contribution >= 0.6 is 0 Å². The molecule has 4 nitrogen and oxygen atoms in total. The van der Waals surface area contributed by atoms with Crippen LogP contribution in [0.5, 0.6) is 0 Å². The van der Waals surface area contributed by atoms with Crippen molar-refractivity contribution < 1.29 is 8.42 Å². The minimum atomic E-state index is -2.98. The van der Waals surface area contributed by atoms with Gasteiger partial charge in [0.25, 0.3) is 0 Å². The van der Waals surface area contributed by atoms with E-state index in [0.29, 0.717) is 13.1 Å². The van der Waals surface area contributed by atoms with Gasteiger partial charge in [0, 0.05) is 19.1 Å². The number of nitrogens with one attached hydrogen (secondary N) is 1. The zero-order valence-corrected chi connectivity index (χ0v) is 7.97. The number of likely N-dealkylation sites (tertiary alicyclic amines) is 1. The molecule has 2 rings (SSSR count). The molecule has 2 aliphatic rings. The zero-order valence-electron chi connectivity index (χ0n) is 7.16. The van der Waals surface area contributed by atoms with Crippen LogP contribution in [0.3, 0.4) is 0 Å². The third-order valence-electron chi connectivity index (χ3n) is 2.38. The summed E-state index contributed by atoms with van der Waals surface area (Å²) in [6.07, 6.45) is 2.03. The maximum absolute atomic E-state index is 11.5. The van der Waals surface area contributed by atoms with Crippen LogP contribution in [0.1, 0.15) is 12.8 Å². The van der Waals surface area contributed by atoms with Crippen molar-refractivity contribution in [1.82, 2.24) is 9.62 Å². The number of hydrogen-bond donors (Lipinski definition) is 1. The van der Waals surface area contributed by atoms with E-state index < -0.39 is 10.0 Å². The molecular formula is C7H14N2O2S. The van der Waals surface area contributed by atoms with Crippen molar-refractivity contribution in [1.29, 1.82) is 0 Å². The molecule has 2 fully saturated rings. The lowest BCUT2D eigenvalue weighted by Gasteiger charge is -2.35. The van der Waals surface area contributed by atoms with Crippen LogP contribution in [0.25, 0.3) is 0 Å². The predicted molar refractivity (Wildman–Crippen MR) is 46.4 cm³/mol. The molecule has 0 unspecified atom stereocenters. The highest BCUT2D eigenvalue weighted by molar-refractivity contribution is 7.90. The summed E-state index contributed by atoms with van der Waals surface area (Å²) >= 11 is 0. The summed E-state index contributed by atoms with van der Waals surface area (Å²) in [5, 5.41) is -0.164. The van der Waals surface area contributed by atoms with Gasteiger partial charge in [0.15, 0.2) is 0 Å². The van der Waals surface area contributed by atoms with Crippen molar-refractivity contribution in [2.45, 2.75) is 24.1 Å². The zero-order chi connectivity index (χ0) is 8.77. The first-order chi connectivity index (χ1) is 5.58. The first-order valence-electron chi connectivity index (χ1n) is 4.27. The normalized spacial score (nSPS) is 27.1. The van der Waals surface area contributed by atoms with Gasteiger partial charge in [-0.25, -0.2) is 13.1 Å². The van der Waals surface area contributed by atoms with Crippen LogP contribution in [-0.4, -0.2) is 44.7 Å².